The summed E-state index contributed by atoms with van der Waals surface area (Å²) in [5, 5.41) is 0. The molecule has 1 aromatic heterocycles. The quantitative estimate of drug-likeness (QED) is 0.717. The van der Waals surface area contributed by atoms with Crippen molar-refractivity contribution in [2.24, 2.45) is 5.73 Å². The molecule has 0 amide bonds. The maximum atomic E-state index is 5.36. The first-order valence-corrected chi connectivity index (χ1v) is 3.59. The summed E-state index contributed by atoms with van der Waals surface area (Å²) < 4.78 is 0. The first kappa shape index (κ1) is 10.5. The van der Waals surface area contributed by atoms with Crippen LogP contribution in [0.15, 0.2) is 6.20 Å². The number of aromatic amines is 1. The normalized spacial score (nSPS) is 9.27. The first-order valence-electron chi connectivity index (χ1n) is 3.59. The minimum atomic E-state index is 0. The van der Waals surface area contributed by atoms with E-state index in [-0.39, 0.29) is 12.4 Å². The van der Waals surface area contributed by atoms with Gasteiger partial charge in [0.1, 0.15) is 5.82 Å². The van der Waals surface area contributed by atoms with E-state index in [2.05, 4.69) is 16.9 Å². The Bertz CT molecular complexity index is 197. The van der Waals surface area contributed by atoms with Crippen molar-refractivity contribution in [2.45, 2.75) is 19.8 Å². The SMILES string of the molecule is CCc1ncc(CCN)[nH]1.Cl. The zero-order chi connectivity index (χ0) is 7.40. The van der Waals surface area contributed by atoms with Gasteiger partial charge in [-0.05, 0) is 6.54 Å². The number of imidazole rings is 1. The van der Waals surface area contributed by atoms with Crippen LogP contribution in [-0.2, 0) is 12.8 Å². The molecule has 4 heteroatoms. The van der Waals surface area contributed by atoms with Gasteiger partial charge in [0.05, 0.1) is 0 Å². The molecule has 3 nitrogen and oxygen atoms in total. The molecular formula is C7H14ClN3. The van der Waals surface area contributed by atoms with E-state index in [0.29, 0.717) is 6.54 Å². The number of aryl methyl sites for hydroxylation is 1. The lowest BCUT2D eigenvalue weighted by atomic mass is 10.3. The Balaban J connectivity index is 0.000001000. The van der Waals surface area contributed by atoms with Crippen molar-refractivity contribution in [3.8, 4) is 0 Å². The maximum absolute atomic E-state index is 5.36. The van der Waals surface area contributed by atoms with Crippen molar-refractivity contribution in [1.82, 2.24) is 9.97 Å². The third-order valence-corrected chi connectivity index (χ3v) is 1.43. The number of halogens is 1. The number of nitrogens with zero attached hydrogens (tertiary/aromatic N) is 1. The number of hydrogen-bond donors (Lipinski definition) is 2. The molecule has 0 aliphatic carbocycles. The second kappa shape index (κ2) is 5.16. The van der Waals surface area contributed by atoms with Crippen LogP contribution in [0.5, 0.6) is 0 Å². The lowest BCUT2D eigenvalue weighted by Gasteiger charge is -1.89. The summed E-state index contributed by atoms with van der Waals surface area (Å²) in [6, 6.07) is 0. The standard InChI is InChI=1S/C7H13N3.ClH/c1-2-7-9-5-6(10-7)3-4-8;/h5H,2-4,8H2,1H3,(H,9,10);1H. The number of nitrogens with one attached hydrogen (secondary N) is 1. The van der Waals surface area contributed by atoms with Crippen LogP contribution in [0.4, 0.5) is 0 Å². The van der Waals surface area contributed by atoms with Crippen LogP contribution in [-0.4, -0.2) is 16.5 Å². The lowest BCUT2D eigenvalue weighted by molar-refractivity contribution is 0.912. The van der Waals surface area contributed by atoms with Crippen molar-refractivity contribution in [1.29, 1.82) is 0 Å². The third kappa shape index (κ3) is 2.91. The number of nitrogens with two attached hydrogens (primary N) is 1. The molecule has 1 rings (SSSR count). The van der Waals surface area contributed by atoms with Crippen molar-refractivity contribution >= 4 is 12.4 Å². The summed E-state index contributed by atoms with van der Waals surface area (Å²) in [5.74, 6) is 1.04. The van der Waals surface area contributed by atoms with Crippen LogP contribution < -0.4 is 5.73 Å². The van der Waals surface area contributed by atoms with Gasteiger partial charge in [-0.1, -0.05) is 6.92 Å². The Morgan fingerprint density at radius 2 is 2.36 bits per heavy atom. The Kier molecular flexibility index (Phi) is 4.90. The molecule has 3 N–H and O–H groups in total. The van der Waals surface area contributed by atoms with Gasteiger partial charge in [0.25, 0.3) is 0 Å². The van der Waals surface area contributed by atoms with E-state index in [1.807, 2.05) is 6.20 Å². The summed E-state index contributed by atoms with van der Waals surface area (Å²) in [5.41, 5.74) is 6.50. The fraction of sp³-hybridized carbons (Fsp3) is 0.571. The second-order valence-electron chi connectivity index (χ2n) is 2.25. The molecule has 11 heavy (non-hydrogen) atoms. The summed E-state index contributed by atoms with van der Waals surface area (Å²) in [6.07, 6.45) is 3.71. The number of aromatic nitrogens is 2. The molecule has 0 atom stereocenters. The van der Waals surface area contributed by atoms with E-state index in [4.69, 9.17) is 5.73 Å². The van der Waals surface area contributed by atoms with E-state index in [0.717, 1.165) is 24.4 Å². The molecule has 1 heterocycles. The predicted molar refractivity (Wildman–Crippen MR) is 48.0 cm³/mol. The highest BCUT2D eigenvalue weighted by molar-refractivity contribution is 5.85. The van der Waals surface area contributed by atoms with Gasteiger partial charge in [-0.15, -0.1) is 12.4 Å². The highest BCUT2D eigenvalue weighted by Gasteiger charge is 1.95. The molecule has 0 aliphatic heterocycles. The van der Waals surface area contributed by atoms with Gasteiger partial charge in [-0.25, -0.2) is 4.98 Å². The van der Waals surface area contributed by atoms with Crippen molar-refractivity contribution < 1.29 is 0 Å². The maximum Gasteiger partial charge on any atom is 0.105 e. The fourth-order valence-electron chi connectivity index (χ4n) is 0.868. The summed E-state index contributed by atoms with van der Waals surface area (Å²) in [6.45, 7) is 2.76. The topological polar surface area (TPSA) is 54.7 Å². The van der Waals surface area contributed by atoms with Gasteiger partial charge in [0.15, 0.2) is 0 Å². The molecule has 0 radical (unpaired) electrons. The molecule has 1 aromatic rings. The van der Waals surface area contributed by atoms with Gasteiger partial charge >= 0.3 is 0 Å². The van der Waals surface area contributed by atoms with Gasteiger partial charge in [0, 0.05) is 24.7 Å². The van der Waals surface area contributed by atoms with Crippen LogP contribution >= 0.6 is 12.4 Å². The molecule has 0 fully saturated rings. The van der Waals surface area contributed by atoms with Crippen LogP contribution in [0.25, 0.3) is 0 Å². The molecule has 0 unspecified atom stereocenters. The zero-order valence-corrected chi connectivity index (χ0v) is 7.45. The van der Waals surface area contributed by atoms with E-state index in [9.17, 15) is 0 Å². The summed E-state index contributed by atoms with van der Waals surface area (Å²) >= 11 is 0. The average Bonchev–Trinajstić information content (AvgIpc) is 2.37. The van der Waals surface area contributed by atoms with Crippen LogP contribution in [0, 0.1) is 0 Å². The summed E-state index contributed by atoms with van der Waals surface area (Å²) in [7, 11) is 0. The van der Waals surface area contributed by atoms with Crippen molar-refractivity contribution in [3.05, 3.63) is 17.7 Å². The molecule has 0 saturated carbocycles. The number of rotatable bonds is 3. The monoisotopic (exact) mass is 175 g/mol. The minimum Gasteiger partial charge on any atom is -0.346 e. The Morgan fingerprint density at radius 3 is 2.82 bits per heavy atom. The van der Waals surface area contributed by atoms with E-state index < -0.39 is 0 Å². The Morgan fingerprint density at radius 1 is 1.64 bits per heavy atom. The zero-order valence-electron chi connectivity index (χ0n) is 6.63. The van der Waals surface area contributed by atoms with Gasteiger partial charge in [0.2, 0.25) is 0 Å². The molecule has 0 aliphatic rings. The smallest absolute Gasteiger partial charge is 0.105 e. The average molecular weight is 176 g/mol. The van der Waals surface area contributed by atoms with E-state index >= 15 is 0 Å². The number of H-pyrrole nitrogens is 1. The molecule has 0 bridgehead atoms. The Labute approximate surface area is 72.8 Å². The fourth-order valence-corrected chi connectivity index (χ4v) is 0.868. The van der Waals surface area contributed by atoms with Gasteiger partial charge in [-0.2, -0.15) is 0 Å². The largest absolute Gasteiger partial charge is 0.346 e. The van der Waals surface area contributed by atoms with Crippen LogP contribution in [0.2, 0.25) is 0 Å². The van der Waals surface area contributed by atoms with Crippen LogP contribution in [0.1, 0.15) is 18.4 Å². The third-order valence-electron chi connectivity index (χ3n) is 1.43. The van der Waals surface area contributed by atoms with Crippen molar-refractivity contribution in [2.75, 3.05) is 6.54 Å². The highest BCUT2D eigenvalue weighted by atomic mass is 35.5. The molecule has 64 valence electrons. The molecule has 0 saturated heterocycles. The second-order valence-corrected chi connectivity index (χ2v) is 2.25. The lowest BCUT2D eigenvalue weighted by Crippen LogP contribution is -2.02. The predicted octanol–water partition coefficient (Wildman–Crippen LogP) is 0.895. The van der Waals surface area contributed by atoms with E-state index in [1.165, 1.54) is 0 Å². The molecular weight excluding hydrogens is 162 g/mol. The highest BCUT2D eigenvalue weighted by Crippen LogP contribution is 1.96. The minimum absolute atomic E-state index is 0. The van der Waals surface area contributed by atoms with Crippen molar-refractivity contribution in [3.63, 3.8) is 0 Å². The number of hydrogen-bond acceptors (Lipinski definition) is 2. The summed E-state index contributed by atoms with van der Waals surface area (Å²) in [4.78, 5) is 7.31. The van der Waals surface area contributed by atoms with Crippen LogP contribution in [0.3, 0.4) is 0 Å². The van der Waals surface area contributed by atoms with E-state index in [1.54, 1.807) is 0 Å². The first-order chi connectivity index (χ1) is 4.86. The van der Waals surface area contributed by atoms with Gasteiger partial charge in [-0.3, -0.25) is 0 Å². The van der Waals surface area contributed by atoms with Gasteiger partial charge < -0.3 is 10.7 Å². The molecule has 0 spiro atoms. The Hall–Kier alpha value is -0.540. The molecule has 0 aromatic carbocycles.